The molecule has 1 fully saturated rings. The second kappa shape index (κ2) is 10.2. The van der Waals surface area contributed by atoms with E-state index in [-0.39, 0.29) is 17.2 Å². The summed E-state index contributed by atoms with van der Waals surface area (Å²) in [7, 11) is 0. The quantitative estimate of drug-likeness (QED) is 0.156. The van der Waals surface area contributed by atoms with Gasteiger partial charge < -0.3 is 4.74 Å². The average Bonchev–Trinajstić information content (AvgIpc) is 2.69. The van der Waals surface area contributed by atoms with Crippen LogP contribution >= 0.6 is 69.0 Å². The molecule has 3 rings (SSSR count). The molecule has 1 aliphatic rings. The molecular formula is C21H15ClI2N2O3S. The molecule has 30 heavy (non-hydrogen) atoms. The standard InChI is InChI=1S/C21H15ClI2N2O3S/c1-2-7-26-20(28)14(19(27)25-21(26)30)8-12-9-16(23)18(17(24)10-12)29-11-13-5-3-4-6-15(13)22/h2-6,8-10H,1,7,11H2,(H,25,27,30)/b14-8+. The van der Waals surface area contributed by atoms with E-state index in [9.17, 15) is 9.59 Å². The fourth-order valence-electron chi connectivity index (χ4n) is 2.72. The number of thiocarbonyl (C=S) groups is 1. The van der Waals surface area contributed by atoms with E-state index >= 15 is 0 Å². The van der Waals surface area contributed by atoms with Crippen LogP contribution in [0.25, 0.3) is 6.08 Å². The molecule has 1 saturated heterocycles. The molecule has 1 heterocycles. The van der Waals surface area contributed by atoms with Crippen molar-refractivity contribution >= 4 is 92.0 Å². The van der Waals surface area contributed by atoms with Gasteiger partial charge in [-0.1, -0.05) is 35.9 Å². The number of benzene rings is 2. The zero-order chi connectivity index (χ0) is 21.8. The van der Waals surface area contributed by atoms with Crippen LogP contribution in [0.3, 0.4) is 0 Å². The third-order valence-electron chi connectivity index (χ3n) is 4.16. The summed E-state index contributed by atoms with van der Waals surface area (Å²) in [4.78, 5) is 26.3. The van der Waals surface area contributed by atoms with Crippen LogP contribution in [0.2, 0.25) is 5.02 Å². The molecule has 1 aliphatic heterocycles. The summed E-state index contributed by atoms with van der Waals surface area (Å²) in [6.07, 6.45) is 3.11. The van der Waals surface area contributed by atoms with E-state index in [0.717, 1.165) is 12.7 Å². The molecule has 0 radical (unpaired) electrons. The molecule has 0 aliphatic carbocycles. The van der Waals surface area contributed by atoms with Gasteiger partial charge in [0.15, 0.2) is 5.11 Å². The van der Waals surface area contributed by atoms with Crippen LogP contribution in [0.5, 0.6) is 5.75 Å². The van der Waals surface area contributed by atoms with Gasteiger partial charge in [0.1, 0.15) is 17.9 Å². The van der Waals surface area contributed by atoms with Crippen molar-refractivity contribution in [3.63, 3.8) is 0 Å². The highest BCUT2D eigenvalue weighted by Gasteiger charge is 2.32. The van der Waals surface area contributed by atoms with Gasteiger partial charge >= 0.3 is 0 Å². The van der Waals surface area contributed by atoms with Gasteiger partial charge in [0, 0.05) is 17.1 Å². The predicted octanol–water partition coefficient (Wildman–Crippen LogP) is 4.94. The summed E-state index contributed by atoms with van der Waals surface area (Å²) >= 11 is 15.6. The third-order valence-corrected chi connectivity index (χ3v) is 6.45. The number of halogens is 3. The lowest BCUT2D eigenvalue weighted by Gasteiger charge is -2.27. The van der Waals surface area contributed by atoms with Gasteiger partial charge in [-0.2, -0.15) is 0 Å². The van der Waals surface area contributed by atoms with E-state index in [2.05, 4.69) is 57.1 Å². The highest BCUT2D eigenvalue weighted by atomic mass is 127. The number of amides is 2. The Kier molecular flexibility index (Phi) is 7.88. The lowest BCUT2D eigenvalue weighted by Crippen LogP contribution is -2.53. The number of hydrogen-bond donors (Lipinski definition) is 1. The Morgan fingerprint density at radius 1 is 1.20 bits per heavy atom. The van der Waals surface area contributed by atoms with Gasteiger partial charge in [-0.05, 0) is 87.2 Å². The first-order chi connectivity index (χ1) is 14.3. The summed E-state index contributed by atoms with van der Waals surface area (Å²) < 4.78 is 7.68. The smallest absolute Gasteiger partial charge is 0.265 e. The van der Waals surface area contributed by atoms with Gasteiger partial charge in [-0.25, -0.2) is 0 Å². The van der Waals surface area contributed by atoms with Crippen molar-refractivity contribution in [3.05, 3.63) is 77.9 Å². The number of nitrogens with one attached hydrogen (secondary N) is 1. The Bertz CT molecular complexity index is 1060. The zero-order valence-corrected chi connectivity index (χ0v) is 21.3. The van der Waals surface area contributed by atoms with Gasteiger partial charge in [-0.15, -0.1) is 6.58 Å². The van der Waals surface area contributed by atoms with Crippen molar-refractivity contribution in [2.24, 2.45) is 0 Å². The van der Waals surface area contributed by atoms with Crippen LogP contribution in [0.4, 0.5) is 0 Å². The molecule has 2 aromatic rings. The first kappa shape index (κ1) is 23.2. The van der Waals surface area contributed by atoms with Crippen molar-refractivity contribution in [2.75, 3.05) is 6.54 Å². The van der Waals surface area contributed by atoms with Crippen LogP contribution in [-0.4, -0.2) is 28.4 Å². The van der Waals surface area contributed by atoms with Crippen LogP contribution in [0, 0.1) is 7.14 Å². The van der Waals surface area contributed by atoms with Crippen molar-refractivity contribution in [2.45, 2.75) is 6.61 Å². The Morgan fingerprint density at radius 2 is 1.87 bits per heavy atom. The molecule has 0 aromatic heterocycles. The Labute approximate surface area is 211 Å². The largest absolute Gasteiger partial charge is 0.487 e. The Hall–Kier alpha value is -1.50. The van der Waals surface area contributed by atoms with Gasteiger partial charge in [0.2, 0.25) is 0 Å². The average molecular weight is 665 g/mol. The van der Waals surface area contributed by atoms with Gasteiger partial charge in [0.25, 0.3) is 11.8 Å². The minimum absolute atomic E-state index is 0.0155. The van der Waals surface area contributed by atoms with Crippen molar-refractivity contribution < 1.29 is 14.3 Å². The molecule has 2 amide bonds. The lowest BCUT2D eigenvalue weighted by molar-refractivity contribution is -0.128. The fourth-order valence-corrected chi connectivity index (χ4v) is 5.29. The molecule has 0 atom stereocenters. The lowest BCUT2D eigenvalue weighted by atomic mass is 10.1. The normalized spacial score (nSPS) is 15.4. The molecular weight excluding hydrogens is 650 g/mol. The Morgan fingerprint density at radius 3 is 2.50 bits per heavy atom. The molecule has 5 nitrogen and oxygen atoms in total. The fraction of sp³-hybridized carbons (Fsp3) is 0.0952. The number of carbonyl (C=O) groups excluding carboxylic acids is 2. The Balaban J connectivity index is 1.86. The summed E-state index contributed by atoms with van der Waals surface area (Å²) in [5, 5.41) is 3.26. The maximum Gasteiger partial charge on any atom is 0.265 e. The molecule has 154 valence electrons. The monoisotopic (exact) mass is 664 g/mol. The summed E-state index contributed by atoms with van der Waals surface area (Å²) in [5.74, 6) is -0.255. The molecule has 0 spiro atoms. The molecule has 9 heteroatoms. The van der Waals surface area contributed by atoms with E-state index in [1.165, 1.54) is 4.90 Å². The molecule has 0 bridgehead atoms. The summed E-state index contributed by atoms with van der Waals surface area (Å²) in [6.45, 7) is 4.18. The topological polar surface area (TPSA) is 58.6 Å². The van der Waals surface area contributed by atoms with Crippen LogP contribution in [0.1, 0.15) is 11.1 Å². The maximum absolute atomic E-state index is 12.7. The second-order valence-corrected chi connectivity index (χ2v) is 9.33. The summed E-state index contributed by atoms with van der Waals surface area (Å²) in [6, 6.07) is 11.2. The first-order valence-corrected chi connectivity index (χ1v) is 11.6. The molecule has 1 N–H and O–H groups in total. The minimum atomic E-state index is -0.519. The summed E-state index contributed by atoms with van der Waals surface area (Å²) in [5.41, 5.74) is 1.61. The molecule has 0 unspecified atom stereocenters. The third kappa shape index (κ3) is 5.21. The minimum Gasteiger partial charge on any atom is -0.487 e. The number of carbonyl (C=O) groups is 2. The van der Waals surface area contributed by atoms with Gasteiger partial charge in [-0.3, -0.25) is 19.8 Å². The number of ether oxygens (including phenoxy) is 1. The van der Waals surface area contributed by atoms with Crippen LogP contribution < -0.4 is 10.1 Å². The van der Waals surface area contributed by atoms with Crippen molar-refractivity contribution in [1.82, 2.24) is 10.2 Å². The van der Waals surface area contributed by atoms with E-state index in [1.54, 1.807) is 12.2 Å². The van der Waals surface area contributed by atoms with E-state index in [4.69, 9.17) is 28.6 Å². The maximum atomic E-state index is 12.7. The van der Waals surface area contributed by atoms with E-state index in [0.29, 0.717) is 22.9 Å². The molecule has 0 saturated carbocycles. The van der Waals surface area contributed by atoms with Crippen LogP contribution in [0.15, 0.2) is 54.6 Å². The number of hydrogen-bond acceptors (Lipinski definition) is 4. The highest BCUT2D eigenvalue weighted by molar-refractivity contribution is 14.1. The van der Waals surface area contributed by atoms with E-state index in [1.807, 2.05) is 36.4 Å². The highest BCUT2D eigenvalue weighted by Crippen LogP contribution is 2.31. The van der Waals surface area contributed by atoms with Crippen LogP contribution in [-0.2, 0) is 16.2 Å². The van der Waals surface area contributed by atoms with E-state index < -0.39 is 11.8 Å². The molecule has 2 aromatic carbocycles. The predicted molar refractivity (Wildman–Crippen MR) is 138 cm³/mol. The SMILES string of the molecule is C=CCN1C(=O)/C(=C/c2cc(I)c(OCc3ccccc3Cl)c(I)c2)C(=O)NC1=S. The second-order valence-electron chi connectivity index (χ2n) is 6.22. The number of rotatable bonds is 6. The number of nitrogens with zero attached hydrogens (tertiary/aromatic N) is 1. The zero-order valence-electron chi connectivity index (χ0n) is 15.5. The van der Waals surface area contributed by atoms with Crippen molar-refractivity contribution in [1.29, 1.82) is 0 Å². The first-order valence-electron chi connectivity index (χ1n) is 8.67. The van der Waals surface area contributed by atoms with Gasteiger partial charge in [0.05, 0.1) is 7.14 Å². The van der Waals surface area contributed by atoms with Crippen molar-refractivity contribution in [3.8, 4) is 5.75 Å².